The first kappa shape index (κ1) is 17.1. The summed E-state index contributed by atoms with van der Waals surface area (Å²) in [7, 11) is -6.84. The topological polar surface area (TPSA) is 112 Å². The molecule has 1 aromatic rings. The van der Waals surface area contributed by atoms with Gasteiger partial charge in [0.05, 0.1) is 18.1 Å². The summed E-state index contributed by atoms with van der Waals surface area (Å²) in [6.07, 6.45) is 2.78. The zero-order valence-corrected chi connectivity index (χ0v) is 13.4. The average Bonchev–Trinajstić information content (AvgIpc) is 2.74. The highest BCUT2D eigenvalue weighted by Crippen LogP contribution is 2.10. The van der Waals surface area contributed by atoms with Crippen LogP contribution in [0.2, 0.25) is 0 Å². The number of rotatable bonds is 8. The third-order valence-electron chi connectivity index (χ3n) is 2.77. The average molecular weight is 324 g/mol. The summed E-state index contributed by atoms with van der Waals surface area (Å²) in [4.78, 5) is 0.105. The van der Waals surface area contributed by atoms with Crippen molar-refractivity contribution < 1.29 is 16.8 Å². The van der Waals surface area contributed by atoms with Gasteiger partial charge in [0, 0.05) is 19.6 Å². The van der Waals surface area contributed by atoms with E-state index in [0.717, 1.165) is 6.26 Å². The van der Waals surface area contributed by atoms with Crippen molar-refractivity contribution in [3.05, 3.63) is 11.9 Å². The Bertz CT molecular complexity index is 636. The molecule has 0 radical (unpaired) electrons. The minimum absolute atomic E-state index is 0.105. The molecular formula is C10H20N4O4S2. The van der Waals surface area contributed by atoms with Gasteiger partial charge in [-0.25, -0.2) is 25.9 Å². The van der Waals surface area contributed by atoms with E-state index >= 15 is 0 Å². The molecule has 1 rings (SSSR count). The third-order valence-corrected chi connectivity index (χ3v) is 5.72. The van der Waals surface area contributed by atoms with E-state index in [1.54, 1.807) is 13.8 Å². The van der Waals surface area contributed by atoms with Crippen molar-refractivity contribution in [1.29, 1.82) is 0 Å². The second kappa shape index (κ2) is 6.66. The molecule has 0 bridgehead atoms. The Labute approximate surface area is 119 Å². The van der Waals surface area contributed by atoms with Crippen molar-refractivity contribution in [1.82, 2.24) is 19.2 Å². The lowest BCUT2D eigenvalue weighted by Gasteiger charge is -2.17. The van der Waals surface area contributed by atoms with Crippen LogP contribution >= 0.6 is 0 Å². The van der Waals surface area contributed by atoms with Gasteiger partial charge in [-0.15, -0.1) is 0 Å². The van der Waals surface area contributed by atoms with Crippen LogP contribution in [-0.4, -0.2) is 57.2 Å². The zero-order chi connectivity index (χ0) is 15.4. The number of hydrogen-bond acceptors (Lipinski definition) is 5. The number of nitrogens with zero attached hydrogens (tertiary/aromatic N) is 2. The second-order valence-electron chi connectivity index (χ2n) is 4.37. The Balaban J connectivity index is 2.51. The smallest absolute Gasteiger partial charge is 0.243 e. The molecule has 0 aliphatic heterocycles. The Morgan fingerprint density at radius 1 is 1.35 bits per heavy atom. The maximum Gasteiger partial charge on any atom is 0.243 e. The van der Waals surface area contributed by atoms with Crippen molar-refractivity contribution in [3.63, 3.8) is 0 Å². The van der Waals surface area contributed by atoms with E-state index in [2.05, 4.69) is 14.9 Å². The molecule has 0 unspecified atom stereocenters. The number of sulfonamides is 2. The molecule has 0 aliphatic carbocycles. The number of aromatic nitrogens is 2. The molecule has 0 saturated heterocycles. The van der Waals surface area contributed by atoms with Crippen LogP contribution < -0.4 is 4.72 Å². The molecule has 0 amide bonds. The fraction of sp³-hybridized carbons (Fsp3) is 0.700. The van der Waals surface area contributed by atoms with E-state index in [0.29, 0.717) is 18.7 Å². The highest BCUT2D eigenvalue weighted by Gasteiger charge is 2.18. The lowest BCUT2D eigenvalue weighted by Crippen LogP contribution is -2.33. The minimum Gasteiger partial charge on any atom is -0.281 e. The van der Waals surface area contributed by atoms with Gasteiger partial charge < -0.3 is 0 Å². The fourth-order valence-electron chi connectivity index (χ4n) is 1.71. The molecule has 0 atom stereocenters. The lowest BCUT2D eigenvalue weighted by atomic mass is 10.4. The Kier molecular flexibility index (Phi) is 5.68. The van der Waals surface area contributed by atoms with Gasteiger partial charge >= 0.3 is 0 Å². The highest BCUT2D eigenvalue weighted by molar-refractivity contribution is 7.89. The number of aryl methyl sites for hydroxylation is 1. The van der Waals surface area contributed by atoms with Gasteiger partial charge in [0.2, 0.25) is 20.0 Å². The number of nitrogens with one attached hydrogen (secondary N) is 2. The van der Waals surface area contributed by atoms with Crippen LogP contribution in [0.5, 0.6) is 0 Å². The van der Waals surface area contributed by atoms with Crippen LogP contribution in [0.25, 0.3) is 0 Å². The van der Waals surface area contributed by atoms with Crippen molar-refractivity contribution in [2.75, 3.05) is 25.9 Å². The van der Waals surface area contributed by atoms with E-state index in [9.17, 15) is 16.8 Å². The van der Waals surface area contributed by atoms with E-state index in [-0.39, 0.29) is 18.0 Å². The van der Waals surface area contributed by atoms with E-state index in [1.165, 1.54) is 10.5 Å². The first-order chi connectivity index (χ1) is 9.18. The molecule has 0 aromatic carbocycles. The normalized spacial score (nSPS) is 13.0. The summed E-state index contributed by atoms with van der Waals surface area (Å²) >= 11 is 0. The van der Waals surface area contributed by atoms with Gasteiger partial charge in [0.15, 0.2) is 0 Å². The van der Waals surface area contributed by atoms with E-state index in [4.69, 9.17) is 0 Å². The van der Waals surface area contributed by atoms with Gasteiger partial charge in [-0.3, -0.25) is 5.10 Å². The molecule has 1 heterocycles. The maximum atomic E-state index is 11.9. The zero-order valence-electron chi connectivity index (χ0n) is 11.7. The molecule has 116 valence electrons. The third kappa shape index (κ3) is 4.54. The van der Waals surface area contributed by atoms with E-state index in [1.807, 2.05) is 0 Å². The molecular weight excluding hydrogens is 304 g/mol. The molecule has 20 heavy (non-hydrogen) atoms. The number of hydrogen-bond donors (Lipinski definition) is 2. The summed E-state index contributed by atoms with van der Waals surface area (Å²) in [5.74, 6) is 0. The van der Waals surface area contributed by atoms with Crippen LogP contribution in [0.15, 0.2) is 11.1 Å². The Morgan fingerprint density at radius 2 is 2.00 bits per heavy atom. The number of H-pyrrole nitrogens is 1. The van der Waals surface area contributed by atoms with Crippen LogP contribution in [0.3, 0.4) is 0 Å². The number of aromatic amines is 1. The monoisotopic (exact) mass is 324 g/mol. The molecule has 0 aliphatic rings. The summed E-state index contributed by atoms with van der Waals surface area (Å²) in [6, 6.07) is 0. The minimum atomic E-state index is -3.60. The molecule has 0 saturated carbocycles. The highest BCUT2D eigenvalue weighted by atomic mass is 32.2. The fourth-order valence-corrected chi connectivity index (χ4v) is 3.85. The molecule has 0 fully saturated rings. The first-order valence-corrected chi connectivity index (χ1v) is 9.46. The van der Waals surface area contributed by atoms with Gasteiger partial charge in [-0.05, 0) is 13.3 Å². The van der Waals surface area contributed by atoms with Gasteiger partial charge in [-0.1, -0.05) is 6.92 Å². The van der Waals surface area contributed by atoms with Crippen LogP contribution in [0.1, 0.15) is 19.0 Å². The Hall–Kier alpha value is -0.970. The van der Waals surface area contributed by atoms with Gasteiger partial charge in [0.25, 0.3) is 0 Å². The molecule has 10 heteroatoms. The van der Waals surface area contributed by atoms with Crippen LogP contribution in [0, 0.1) is 6.92 Å². The molecule has 0 spiro atoms. The Morgan fingerprint density at radius 3 is 2.45 bits per heavy atom. The standard InChI is InChI=1S/C10H20N4O4S2/c1-4-14(19(3,15)16)7-5-6-12-20(17,18)10-8-11-13-9(10)2/h8,12H,4-7H2,1-3H3,(H,11,13). The largest absolute Gasteiger partial charge is 0.281 e. The molecule has 2 N–H and O–H groups in total. The van der Waals surface area contributed by atoms with Gasteiger partial charge in [0.1, 0.15) is 4.90 Å². The summed E-state index contributed by atoms with van der Waals surface area (Å²) in [6.45, 7) is 4.16. The predicted octanol–water partition coefficient (Wildman–Crippen LogP) is -0.332. The van der Waals surface area contributed by atoms with Crippen LogP contribution in [-0.2, 0) is 20.0 Å². The van der Waals surface area contributed by atoms with Crippen molar-refractivity contribution in [3.8, 4) is 0 Å². The lowest BCUT2D eigenvalue weighted by molar-refractivity contribution is 0.424. The summed E-state index contributed by atoms with van der Waals surface area (Å²) in [5.41, 5.74) is 0.462. The van der Waals surface area contributed by atoms with E-state index < -0.39 is 20.0 Å². The van der Waals surface area contributed by atoms with Crippen molar-refractivity contribution in [2.24, 2.45) is 0 Å². The second-order valence-corrected chi connectivity index (χ2v) is 8.08. The van der Waals surface area contributed by atoms with Crippen molar-refractivity contribution >= 4 is 20.0 Å². The molecule has 8 nitrogen and oxygen atoms in total. The van der Waals surface area contributed by atoms with Crippen molar-refractivity contribution in [2.45, 2.75) is 25.2 Å². The maximum absolute atomic E-state index is 11.9. The summed E-state index contributed by atoms with van der Waals surface area (Å²) < 4.78 is 50.3. The first-order valence-electron chi connectivity index (χ1n) is 6.13. The quantitative estimate of drug-likeness (QED) is 0.636. The van der Waals surface area contributed by atoms with Crippen LogP contribution in [0.4, 0.5) is 0 Å². The van der Waals surface area contributed by atoms with Gasteiger partial charge in [-0.2, -0.15) is 5.10 Å². The summed E-state index contributed by atoms with van der Waals surface area (Å²) in [5, 5.41) is 6.21. The molecule has 1 aromatic heterocycles. The predicted molar refractivity (Wildman–Crippen MR) is 75.2 cm³/mol. The SMILES string of the molecule is CCN(CCCNS(=O)(=O)c1cn[nH]c1C)S(C)(=O)=O.